The molecular formula is C16H14N4. The van der Waals surface area contributed by atoms with Gasteiger partial charge in [-0.05, 0) is 36.8 Å². The SMILES string of the molecule is Cc1ccc2c(c1)nc(-c1cnn3ccccc13)n2C. The van der Waals surface area contributed by atoms with Crippen molar-refractivity contribution < 1.29 is 0 Å². The average Bonchev–Trinajstić information content (AvgIpc) is 3.00. The summed E-state index contributed by atoms with van der Waals surface area (Å²) < 4.78 is 4.00. The predicted molar refractivity (Wildman–Crippen MR) is 79.6 cm³/mol. The Balaban J connectivity index is 2.05. The lowest BCUT2D eigenvalue weighted by Crippen LogP contribution is -1.92. The third kappa shape index (κ3) is 1.48. The maximum atomic E-state index is 4.78. The van der Waals surface area contributed by atoms with Gasteiger partial charge >= 0.3 is 0 Å². The molecule has 0 bridgehead atoms. The van der Waals surface area contributed by atoms with Crippen molar-refractivity contribution in [2.45, 2.75) is 6.92 Å². The molecule has 0 N–H and O–H groups in total. The van der Waals surface area contributed by atoms with Crippen LogP contribution in [-0.4, -0.2) is 19.2 Å². The molecule has 4 aromatic rings. The van der Waals surface area contributed by atoms with E-state index in [0.717, 1.165) is 27.9 Å². The highest BCUT2D eigenvalue weighted by molar-refractivity contribution is 5.85. The first kappa shape index (κ1) is 11.2. The van der Waals surface area contributed by atoms with Crippen molar-refractivity contribution in [3.05, 3.63) is 54.4 Å². The second kappa shape index (κ2) is 3.93. The standard InChI is InChI=1S/C16H14N4/c1-11-6-7-15-13(9-11)18-16(19(15)2)12-10-17-20-8-4-3-5-14(12)20/h3-10H,1-2H3. The summed E-state index contributed by atoms with van der Waals surface area (Å²) in [7, 11) is 2.05. The Morgan fingerprint density at radius 3 is 2.85 bits per heavy atom. The third-order valence-corrected chi connectivity index (χ3v) is 3.70. The van der Waals surface area contributed by atoms with Crippen LogP contribution < -0.4 is 0 Å². The van der Waals surface area contributed by atoms with E-state index in [9.17, 15) is 0 Å². The maximum Gasteiger partial charge on any atom is 0.144 e. The predicted octanol–water partition coefficient (Wildman–Crippen LogP) is 3.20. The lowest BCUT2D eigenvalue weighted by Gasteiger charge is -2.00. The zero-order valence-electron chi connectivity index (χ0n) is 11.4. The van der Waals surface area contributed by atoms with E-state index < -0.39 is 0 Å². The van der Waals surface area contributed by atoms with E-state index in [1.807, 2.05) is 36.1 Å². The first-order chi connectivity index (χ1) is 9.74. The van der Waals surface area contributed by atoms with Gasteiger partial charge in [0, 0.05) is 13.2 Å². The molecule has 0 fully saturated rings. The fraction of sp³-hybridized carbons (Fsp3) is 0.125. The summed E-state index contributed by atoms with van der Waals surface area (Å²) in [6, 6.07) is 12.4. The van der Waals surface area contributed by atoms with Gasteiger partial charge in [-0.25, -0.2) is 9.50 Å². The molecule has 98 valence electrons. The molecule has 0 saturated carbocycles. The van der Waals surface area contributed by atoms with Crippen LogP contribution in [0, 0.1) is 6.92 Å². The molecule has 0 atom stereocenters. The maximum absolute atomic E-state index is 4.78. The van der Waals surface area contributed by atoms with Crippen LogP contribution in [0.3, 0.4) is 0 Å². The zero-order chi connectivity index (χ0) is 13.7. The van der Waals surface area contributed by atoms with Crippen molar-refractivity contribution >= 4 is 16.6 Å². The molecule has 20 heavy (non-hydrogen) atoms. The van der Waals surface area contributed by atoms with E-state index >= 15 is 0 Å². The molecule has 4 heteroatoms. The Morgan fingerprint density at radius 1 is 1.05 bits per heavy atom. The van der Waals surface area contributed by atoms with Gasteiger partial charge in [-0.3, -0.25) is 0 Å². The van der Waals surface area contributed by atoms with Crippen LogP contribution in [0.5, 0.6) is 0 Å². The molecule has 1 aromatic carbocycles. The van der Waals surface area contributed by atoms with Crippen molar-refractivity contribution in [3.8, 4) is 11.4 Å². The van der Waals surface area contributed by atoms with Crippen molar-refractivity contribution in [2.75, 3.05) is 0 Å². The first-order valence-corrected chi connectivity index (χ1v) is 6.60. The smallest absolute Gasteiger partial charge is 0.144 e. The Labute approximate surface area is 116 Å². The van der Waals surface area contributed by atoms with Gasteiger partial charge in [0.25, 0.3) is 0 Å². The number of hydrogen-bond donors (Lipinski definition) is 0. The number of fused-ring (bicyclic) bond motifs is 2. The van der Waals surface area contributed by atoms with Crippen molar-refractivity contribution in [3.63, 3.8) is 0 Å². The Hall–Kier alpha value is -2.62. The first-order valence-electron chi connectivity index (χ1n) is 6.60. The second-order valence-electron chi connectivity index (χ2n) is 5.08. The number of pyridine rings is 1. The van der Waals surface area contributed by atoms with Gasteiger partial charge in [-0.1, -0.05) is 12.1 Å². The topological polar surface area (TPSA) is 35.1 Å². The van der Waals surface area contributed by atoms with Gasteiger partial charge in [0.05, 0.1) is 28.3 Å². The number of aromatic nitrogens is 4. The summed E-state index contributed by atoms with van der Waals surface area (Å²) in [5.41, 5.74) is 5.52. The normalized spacial score (nSPS) is 11.5. The molecule has 0 unspecified atom stereocenters. The van der Waals surface area contributed by atoms with Crippen molar-refractivity contribution in [2.24, 2.45) is 7.05 Å². The number of benzene rings is 1. The Kier molecular flexibility index (Phi) is 2.21. The molecule has 0 aliphatic heterocycles. The second-order valence-corrected chi connectivity index (χ2v) is 5.08. The number of nitrogens with zero attached hydrogens (tertiary/aromatic N) is 4. The van der Waals surface area contributed by atoms with Crippen LogP contribution in [-0.2, 0) is 7.05 Å². The molecule has 4 rings (SSSR count). The van der Waals surface area contributed by atoms with E-state index in [2.05, 4.69) is 40.9 Å². The minimum absolute atomic E-state index is 0.951. The molecule has 0 radical (unpaired) electrons. The highest BCUT2D eigenvalue weighted by Gasteiger charge is 2.13. The van der Waals surface area contributed by atoms with E-state index in [1.54, 1.807) is 0 Å². The number of imidazole rings is 1. The third-order valence-electron chi connectivity index (χ3n) is 3.70. The van der Waals surface area contributed by atoms with E-state index in [-0.39, 0.29) is 0 Å². The van der Waals surface area contributed by atoms with Crippen molar-refractivity contribution in [1.29, 1.82) is 0 Å². The van der Waals surface area contributed by atoms with Gasteiger partial charge in [0.2, 0.25) is 0 Å². The molecule has 3 aromatic heterocycles. The fourth-order valence-corrected chi connectivity index (χ4v) is 2.66. The fourth-order valence-electron chi connectivity index (χ4n) is 2.66. The largest absolute Gasteiger partial charge is 0.327 e. The molecule has 3 heterocycles. The molecular weight excluding hydrogens is 248 g/mol. The molecule has 0 aliphatic rings. The quantitative estimate of drug-likeness (QED) is 0.528. The summed E-state index contributed by atoms with van der Waals surface area (Å²) in [4.78, 5) is 4.78. The van der Waals surface area contributed by atoms with Gasteiger partial charge in [0.15, 0.2) is 0 Å². The molecule has 0 aliphatic carbocycles. The van der Waals surface area contributed by atoms with Crippen LogP contribution in [0.2, 0.25) is 0 Å². The van der Waals surface area contributed by atoms with Crippen LogP contribution in [0.25, 0.3) is 27.9 Å². The number of hydrogen-bond acceptors (Lipinski definition) is 2. The van der Waals surface area contributed by atoms with E-state index in [1.165, 1.54) is 5.56 Å². The van der Waals surface area contributed by atoms with Crippen LogP contribution in [0.4, 0.5) is 0 Å². The van der Waals surface area contributed by atoms with Gasteiger partial charge in [-0.15, -0.1) is 0 Å². The average molecular weight is 262 g/mol. The summed E-state index contributed by atoms with van der Waals surface area (Å²) in [6.45, 7) is 2.09. The number of aryl methyl sites for hydroxylation is 2. The molecule has 0 amide bonds. The Bertz CT molecular complexity index is 930. The van der Waals surface area contributed by atoms with Crippen LogP contribution >= 0.6 is 0 Å². The summed E-state index contributed by atoms with van der Waals surface area (Å²) in [6.07, 6.45) is 3.83. The Morgan fingerprint density at radius 2 is 1.95 bits per heavy atom. The van der Waals surface area contributed by atoms with Gasteiger partial charge in [-0.2, -0.15) is 5.10 Å². The summed E-state index contributed by atoms with van der Waals surface area (Å²) >= 11 is 0. The van der Waals surface area contributed by atoms with Gasteiger partial charge in [0.1, 0.15) is 5.82 Å². The monoisotopic (exact) mass is 262 g/mol. The highest BCUT2D eigenvalue weighted by atomic mass is 15.2. The summed E-state index contributed by atoms with van der Waals surface area (Å²) in [5.74, 6) is 0.951. The highest BCUT2D eigenvalue weighted by Crippen LogP contribution is 2.27. The van der Waals surface area contributed by atoms with Gasteiger partial charge < -0.3 is 4.57 Å². The zero-order valence-corrected chi connectivity index (χ0v) is 11.4. The van der Waals surface area contributed by atoms with Crippen LogP contribution in [0.15, 0.2) is 48.8 Å². The lowest BCUT2D eigenvalue weighted by molar-refractivity contribution is 0.960. The van der Waals surface area contributed by atoms with Crippen LogP contribution in [0.1, 0.15) is 5.56 Å². The molecule has 0 spiro atoms. The summed E-state index contributed by atoms with van der Waals surface area (Å²) in [5, 5.41) is 4.39. The molecule has 4 nitrogen and oxygen atoms in total. The van der Waals surface area contributed by atoms with E-state index in [0.29, 0.717) is 0 Å². The molecule has 0 saturated heterocycles. The minimum atomic E-state index is 0.951. The number of rotatable bonds is 1. The minimum Gasteiger partial charge on any atom is -0.327 e. The van der Waals surface area contributed by atoms with E-state index in [4.69, 9.17) is 4.98 Å². The van der Waals surface area contributed by atoms with Crippen molar-refractivity contribution in [1.82, 2.24) is 19.2 Å². The lowest BCUT2D eigenvalue weighted by atomic mass is 10.2.